The predicted molar refractivity (Wildman–Crippen MR) is 101 cm³/mol. The Morgan fingerprint density at radius 3 is 2.25 bits per heavy atom. The molecule has 0 aliphatic rings. The monoisotopic (exact) mass is 391 g/mol. The lowest BCUT2D eigenvalue weighted by molar-refractivity contribution is -0.155. The first kappa shape index (κ1) is 21.3. The molecule has 0 spiro atoms. The Kier molecular flexibility index (Phi) is 6.72. The maximum absolute atomic E-state index is 13.6. The summed E-state index contributed by atoms with van der Waals surface area (Å²) in [7, 11) is 0. The van der Waals surface area contributed by atoms with Gasteiger partial charge in [-0.15, -0.1) is 0 Å². The normalized spacial score (nSPS) is 12.2. The van der Waals surface area contributed by atoms with Crippen molar-refractivity contribution in [3.63, 3.8) is 0 Å². The van der Waals surface area contributed by atoms with Crippen molar-refractivity contribution < 1.29 is 27.8 Å². The summed E-state index contributed by atoms with van der Waals surface area (Å²) >= 11 is 0. The molecule has 0 aliphatic carbocycles. The van der Waals surface area contributed by atoms with Crippen LogP contribution in [0.1, 0.15) is 33.3 Å². The minimum atomic E-state index is -1.26. The maximum Gasteiger partial charge on any atom is 0.344 e. The van der Waals surface area contributed by atoms with E-state index in [0.29, 0.717) is 5.75 Å². The van der Waals surface area contributed by atoms with Gasteiger partial charge in [0, 0.05) is 0 Å². The molecule has 0 heterocycles. The lowest BCUT2D eigenvalue weighted by Crippen LogP contribution is -2.32. The van der Waals surface area contributed by atoms with Crippen LogP contribution in [0, 0.1) is 11.6 Å². The summed E-state index contributed by atoms with van der Waals surface area (Å²) < 4.78 is 37.7. The van der Waals surface area contributed by atoms with Crippen molar-refractivity contribution in [2.24, 2.45) is 0 Å². The average molecular weight is 391 g/mol. The zero-order chi connectivity index (χ0) is 20.9. The van der Waals surface area contributed by atoms with Gasteiger partial charge in [0.25, 0.3) is 5.91 Å². The summed E-state index contributed by atoms with van der Waals surface area (Å²) in [6, 6.07) is 10.5. The number of rotatable bonds is 6. The molecule has 2 aromatic rings. The van der Waals surface area contributed by atoms with Gasteiger partial charge in [0.05, 0.1) is 0 Å². The third kappa shape index (κ3) is 5.52. The molecule has 0 aliphatic heterocycles. The second-order valence-electron chi connectivity index (χ2n) is 7.25. The molecule has 150 valence electrons. The van der Waals surface area contributed by atoms with Gasteiger partial charge >= 0.3 is 5.97 Å². The minimum Gasteiger partial charge on any atom is -0.482 e. The van der Waals surface area contributed by atoms with Crippen LogP contribution in [0.15, 0.2) is 42.5 Å². The number of anilines is 1. The molecule has 0 saturated heterocycles. The number of nitrogens with one attached hydrogen (secondary N) is 1. The molecular weight excluding hydrogens is 368 g/mol. The van der Waals surface area contributed by atoms with E-state index in [1.165, 1.54) is 13.0 Å². The molecule has 0 bridgehead atoms. The van der Waals surface area contributed by atoms with Crippen molar-refractivity contribution in [3.05, 3.63) is 59.7 Å². The molecule has 0 saturated carbocycles. The number of benzene rings is 2. The smallest absolute Gasteiger partial charge is 0.344 e. The molecule has 28 heavy (non-hydrogen) atoms. The van der Waals surface area contributed by atoms with E-state index in [1.807, 2.05) is 32.9 Å². The molecule has 0 fully saturated rings. The largest absolute Gasteiger partial charge is 0.482 e. The van der Waals surface area contributed by atoms with Crippen molar-refractivity contribution in [1.29, 1.82) is 0 Å². The molecule has 2 aromatic carbocycles. The van der Waals surface area contributed by atoms with Crippen molar-refractivity contribution in [3.8, 4) is 5.75 Å². The van der Waals surface area contributed by atoms with E-state index in [9.17, 15) is 18.4 Å². The third-order valence-electron chi connectivity index (χ3n) is 3.93. The number of halogens is 2. The molecule has 7 heteroatoms. The van der Waals surface area contributed by atoms with Gasteiger partial charge in [-0.25, -0.2) is 13.6 Å². The van der Waals surface area contributed by atoms with Crippen LogP contribution >= 0.6 is 0 Å². The number of esters is 1. The van der Waals surface area contributed by atoms with Crippen LogP contribution in [0.25, 0.3) is 0 Å². The topological polar surface area (TPSA) is 64.6 Å². The lowest BCUT2D eigenvalue weighted by Gasteiger charge is -2.22. The molecule has 0 unspecified atom stereocenters. The van der Waals surface area contributed by atoms with Crippen molar-refractivity contribution in [2.75, 3.05) is 11.9 Å². The van der Waals surface area contributed by atoms with Gasteiger partial charge in [0.1, 0.15) is 23.1 Å². The van der Waals surface area contributed by atoms with E-state index < -0.39 is 41.9 Å². The number of hydrogen-bond acceptors (Lipinski definition) is 4. The number of para-hydroxylation sites is 2. The van der Waals surface area contributed by atoms with Crippen LogP contribution in [0.3, 0.4) is 0 Å². The Hall–Kier alpha value is -2.96. The summed E-state index contributed by atoms with van der Waals surface area (Å²) in [6.07, 6.45) is -1.26. The van der Waals surface area contributed by atoms with Crippen LogP contribution in [0.2, 0.25) is 0 Å². The lowest BCUT2D eigenvalue weighted by atomic mass is 9.86. The summed E-state index contributed by atoms with van der Waals surface area (Å²) in [6.45, 7) is 6.94. The Morgan fingerprint density at radius 2 is 1.64 bits per heavy atom. The molecule has 1 atom stereocenters. The van der Waals surface area contributed by atoms with Gasteiger partial charge in [0.2, 0.25) is 0 Å². The average Bonchev–Trinajstić information content (AvgIpc) is 2.62. The Morgan fingerprint density at radius 1 is 1.04 bits per heavy atom. The zero-order valence-electron chi connectivity index (χ0n) is 16.2. The second kappa shape index (κ2) is 8.82. The van der Waals surface area contributed by atoms with E-state index in [-0.39, 0.29) is 5.41 Å². The van der Waals surface area contributed by atoms with Crippen LogP contribution in [0.4, 0.5) is 14.5 Å². The standard InChI is InChI=1S/C21H23F2NO4/c1-13(20(26)24-19-15(22)9-7-10-16(19)23)28-18(25)12-27-17-11-6-5-8-14(17)21(2,3)4/h5-11,13H,12H2,1-4H3,(H,24,26)/t13-/m0/s1. The fraction of sp³-hybridized carbons (Fsp3) is 0.333. The van der Waals surface area contributed by atoms with Gasteiger partial charge in [-0.1, -0.05) is 45.0 Å². The van der Waals surface area contributed by atoms with Crippen LogP contribution < -0.4 is 10.1 Å². The Balaban J connectivity index is 1.94. The van der Waals surface area contributed by atoms with Crippen LogP contribution in [0.5, 0.6) is 5.75 Å². The van der Waals surface area contributed by atoms with Crippen molar-refractivity contribution in [1.82, 2.24) is 0 Å². The summed E-state index contributed by atoms with van der Waals surface area (Å²) in [4.78, 5) is 24.1. The summed E-state index contributed by atoms with van der Waals surface area (Å²) in [5, 5.41) is 2.08. The van der Waals surface area contributed by atoms with E-state index in [2.05, 4.69) is 5.32 Å². The van der Waals surface area contributed by atoms with Gasteiger partial charge < -0.3 is 14.8 Å². The first-order valence-corrected chi connectivity index (χ1v) is 8.76. The molecule has 1 N–H and O–H groups in total. The number of ether oxygens (including phenoxy) is 2. The van der Waals surface area contributed by atoms with E-state index >= 15 is 0 Å². The first-order valence-electron chi connectivity index (χ1n) is 8.76. The quantitative estimate of drug-likeness (QED) is 0.749. The fourth-order valence-corrected chi connectivity index (χ4v) is 2.48. The SMILES string of the molecule is C[C@H](OC(=O)COc1ccccc1C(C)(C)C)C(=O)Nc1c(F)cccc1F. The van der Waals surface area contributed by atoms with Crippen LogP contribution in [-0.4, -0.2) is 24.6 Å². The molecule has 2 rings (SSSR count). The predicted octanol–water partition coefficient (Wildman–Crippen LogP) is 4.21. The molecule has 5 nitrogen and oxygen atoms in total. The fourth-order valence-electron chi connectivity index (χ4n) is 2.48. The number of amides is 1. The number of carbonyl (C=O) groups is 2. The maximum atomic E-state index is 13.6. The zero-order valence-corrected chi connectivity index (χ0v) is 16.2. The van der Waals surface area contributed by atoms with E-state index in [0.717, 1.165) is 17.7 Å². The highest BCUT2D eigenvalue weighted by Crippen LogP contribution is 2.30. The summed E-state index contributed by atoms with van der Waals surface area (Å²) in [5.74, 6) is -2.94. The van der Waals surface area contributed by atoms with Crippen molar-refractivity contribution >= 4 is 17.6 Å². The molecule has 0 radical (unpaired) electrons. The number of hydrogen-bond donors (Lipinski definition) is 1. The van der Waals surface area contributed by atoms with Gasteiger partial charge in [-0.05, 0) is 36.1 Å². The Bertz CT molecular complexity index is 841. The van der Waals surface area contributed by atoms with E-state index in [1.54, 1.807) is 12.1 Å². The van der Waals surface area contributed by atoms with Gasteiger partial charge in [-0.3, -0.25) is 4.79 Å². The summed E-state index contributed by atoms with van der Waals surface area (Å²) in [5.41, 5.74) is 0.145. The number of carbonyl (C=O) groups excluding carboxylic acids is 2. The molecule has 1 amide bonds. The highest BCUT2D eigenvalue weighted by molar-refractivity contribution is 5.95. The second-order valence-corrected chi connectivity index (χ2v) is 7.25. The van der Waals surface area contributed by atoms with Crippen molar-refractivity contribution in [2.45, 2.75) is 39.2 Å². The molecule has 0 aromatic heterocycles. The Labute approximate surface area is 162 Å². The van der Waals surface area contributed by atoms with Gasteiger partial charge in [-0.2, -0.15) is 0 Å². The van der Waals surface area contributed by atoms with E-state index in [4.69, 9.17) is 9.47 Å². The highest BCUT2D eigenvalue weighted by Gasteiger charge is 2.22. The van der Waals surface area contributed by atoms with Gasteiger partial charge in [0.15, 0.2) is 12.7 Å². The third-order valence-corrected chi connectivity index (χ3v) is 3.93. The minimum absolute atomic E-state index is 0.183. The van der Waals surface area contributed by atoms with Crippen LogP contribution in [-0.2, 0) is 19.7 Å². The molecular formula is C21H23F2NO4. The highest BCUT2D eigenvalue weighted by atomic mass is 19.1. The first-order chi connectivity index (χ1) is 13.1.